The highest BCUT2D eigenvalue weighted by atomic mass is 19.4. The number of nitriles is 3. The molecule has 5 aromatic heterocycles. The van der Waals surface area contributed by atoms with Crippen molar-refractivity contribution in [2.45, 2.75) is 66.4 Å². The molecule has 3 saturated heterocycles. The summed E-state index contributed by atoms with van der Waals surface area (Å²) in [5, 5.41) is 59.9. The Kier molecular flexibility index (Phi) is 23.8. The van der Waals surface area contributed by atoms with Crippen LogP contribution in [-0.4, -0.2) is 147 Å². The van der Waals surface area contributed by atoms with E-state index in [0.29, 0.717) is 66.5 Å². The number of nitrogens with one attached hydrogen (secondary N) is 6. The van der Waals surface area contributed by atoms with E-state index in [1.807, 2.05) is 32.9 Å². The molecule has 0 aliphatic carbocycles. The third kappa shape index (κ3) is 19.8. The second-order valence-corrected chi connectivity index (χ2v) is 21.4. The number of aliphatic imine (C=N–C) groups is 1. The van der Waals surface area contributed by atoms with Crippen LogP contribution in [-0.2, 0) is 0 Å². The standard InChI is InChI=1S/C22H19F3N6O.C19H17N7O.C15H13N5O2.C4H6N2.C3H5F3.CH4/c1-13-9-28-21(29-18-6-17(27-10-18)7-22(23,24)25)30-19(13)15-2-4-16(5-3-15)20(32)31-11-14(8-26)12-31;1-12-7-21-19(24-16-8-22-23-9-16)25-17(12)14-2-4-15(5-3-14)18(27)26-10-13(6-20)11-26;1-9-6-16-15(19-12-7-17-18-8-12)20-13(9)10-2-4-11(5-3-10)14(21)22;5-1-4-2-6-3-4;1-2-3(4,5)6;/h2-6,9-10,14,17H,7,11-12H2,1H3,(H,28,29,30);2-5,7-9,13H,10-11H2,1H3,(H,22,23)(H,21,24,25);2-8H,1H3,(H,17,18)(H,21,22)(H,16,19,20);4,6H,2-3H2;2H2,1H3;1H4. The number of hydrogen-bond donors (Lipinski definition) is 7. The Labute approximate surface area is 536 Å². The summed E-state index contributed by atoms with van der Waals surface area (Å²) in [6, 6.07) is 26.4. The lowest BCUT2D eigenvalue weighted by molar-refractivity contribution is -0.135. The first-order chi connectivity index (χ1) is 44.5. The van der Waals surface area contributed by atoms with Crippen molar-refractivity contribution in [3.63, 3.8) is 0 Å². The highest BCUT2D eigenvalue weighted by Gasteiger charge is 2.34. The lowest BCUT2D eigenvalue weighted by atomic mass is 10.00. The molecule has 9 heterocycles. The molecule has 0 radical (unpaired) electrons. The van der Waals surface area contributed by atoms with Crippen molar-refractivity contribution in [2.75, 3.05) is 55.2 Å². The van der Waals surface area contributed by atoms with Gasteiger partial charge >= 0.3 is 18.3 Å². The number of halogens is 6. The third-order valence-corrected chi connectivity index (χ3v) is 14.2. The van der Waals surface area contributed by atoms with Crippen LogP contribution in [0.4, 0.5) is 55.6 Å². The number of aromatic nitrogens is 10. The summed E-state index contributed by atoms with van der Waals surface area (Å²) in [6.45, 7) is 10.5. The number of carbonyl (C=O) groups is 3. The Morgan fingerprint density at radius 1 is 0.574 bits per heavy atom. The van der Waals surface area contributed by atoms with Crippen LogP contribution in [0, 0.1) is 72.5 Å². The quantitative estimate of drug-likeness (QED) is 0.0527. The van der Waals surface area contributed by atoms with Crippen molar-refractivity contribution < 1.29 is 45.8 Å². The Hall–Kier alpha value is -11.5. The number of allylic oxidation sites excluding steroid dienone is 1. The van der Waals surface area contributed by atoms with Crippen LogP contribution < -0.4 is 21.3 Å². The summed E-state index contributed by atoms with van der Waals surface area (Å²) in [5.74, 6) is 0.206. The Morgan fingerprint density at radius 2 is 0.947 bits per heavy atom. The fourth-order valence-corrected chi connectivity index (χ4v) is 8.81. The second-order valence-electron chi connectivity index (χ2n) is 21.4. The highest BCUT2D eigenvalue weighted by Crippen LogP contribution is 2.30. The number of benzene rings is 3. The average molecular weight is 1290 g/mol. The zero-order chi connectivity index (χ0) is 66.8. The summed E-state index contributed by atoms with van der Waals surface area (Å²) < 4.78 is 70.0. The number of alkyl halides is 6. The largest absolute Gasteiger partial charge is 0.478 e. The zero-order valence-corrected chi connectivity index (χ0v) is 50.3. The third-order valence-electron chi connectivity index (χ3n) is 14.2. The summed E-state index contributed by atoms with van der Waals surface area (Å²) in [4.78, 5) is 69.2. The molecule has 30 heteroatoms. The van der Waals surface area contributed by atoms with Crippen LogP contribution >= 0.6 is 0 Å². The van der Waals surface area contributed by atoms with E-state index in [4.69, 9.17) is 20.9 Å². The van der Waals surface area contributed by atoms with Gasteiger partial charge in [0.25, 0.3) is 11.8 Å². The Bertz CT molecular complexity index is 4060. The van der Waals surface area contributed by atoms with Gasteiger partial charge in [-0.25, -0.2) is 34.7 Å². The Morgan fingerprint density at radius 3 is 1.24 bits per heavy atom. The first-order valence-electron chi connectivity index (χ1n) is 28.7. The summed E-state index contributed by atoms with van der Waals surface area (Å²) in [7, 11) is 0. The van der Waals surface area contributed by atoms with Gasteiger partial charge in [-0.3, -0.25) is 24.8 Å². The van der Waals surface area contributed by atoms with Crippen molar-refractivity contribution in [1.29, 1.82) is 15.8 Å². The summed E-state index contributed by atoms with van der Waals surface area (Å²) in [5.41, 5.74) is 10.6. The zero-order valence-electron chi connectivity index (χ0n) is 50.3. The normalized spacial score (nSPS) is 14.7. The predicted octanol–water partition coefficient (Wildman–Crippen LogP) is 11.2. The minimum atomic E-state index is -4.29. The van der Waals surface area contributed by atoms with E-state index in [2.05, 4.69) is 94.8 Å². The average Bonchev–Trinajstić information content (AvgIpc) is 0.957. The topological polar surface area (TPSA) is 344 Å². The van der Waals surface area contributed by atoms with Gasteiger partial charge in [0.1, 0.15) is 0 Å². The maximum atomic E-state index is 12.5. The van der Waals surface area contributed by atoms with Gasteiger partial charge in [0, 0.05) is 111 Å². The number of amides is 2. The molecule has 1 unspecified atom stereocenters. The van der Waals surface area contributed by atoms with Gasteiger partial charge in [-0.2, -0.15) is 52.3 Å². The fraction of sp³-hybridized carbons (Fsp3) is 0.297. The van der Waals surface area contributed by atoms with Crippen molar-refractivity contribution >= 4 is 53.2 Å². The predicted molar refractivity (Wildman–Crippen MR) is 337 cm³/mol. The molecule has 2 amide bonds. The van der Waals surface area contributed by atoms with E-state index >= 15 is 0 Å². The number of likely N-dealkylation sites (tertiary alicyclic amines) is 2. The van der Waals surface area contributed by atoms with E-state index in [1.165, 1.54) is 12.3 Å². The molecule has 3 aromatic carbocycles. The molecular formula is C64H64F6N20O4. The first kappa shape index (κ1) is 70.0. The highest BCUT2D eigenvalue weighted by molar-refractivity contribution is 5.96. The molecular weight excluding hydrogens is 1230 g/mol. The number of carboxylic acid groups (broad SMARTS) is 1. The van der Waals surface area contributed by atoms with Crippen LogP contribution in [0.15, 0.2) is 133 Å². The lowest BCUT2D eigenvalue weighted by Gasteiger charge is -2.35. The van der Waals surface area contributed by atoms with Crippen molar-refractivity contribution in [1.82, 2.24) is 65.4 Å². The molecule has 94 heavy (non-hydrogen) atoms. The summed E-state index contributed by atoms with van der Waals surface area (Å²) in [6.07, 6.45) is 4.52. The van der Waals surface area contributed by atoms with Crippen molar-refractivity contribution in [2.24, 2.45) is 22.7 Å². The van der Waals surface area contributed by atoms with Gasteiger partial charge in [0.15, 0.2) is 0 Å². The SMILES string of the molecule is C.CCC(F)(F)F.Cc1cnc(NC2=CC(CC(F)(F)F)N=C2)nc1-c1ccc(C(=O)N2CC(C#N)C2)cc1.Cc1cnc(Nc2cn[nH]c2)nc1-c1ccc(C(=O)N2CC(C#N)C2)cc1.Cc1cnc(Nc2cn[nH]c2)nc1-c1ccc(C(=O)O)cc1.N#CC1CNC1. The van der Waals surface area contributed by atoms with Crippen LogP contribution in [0.1, 0.15) is 75.0 Å². The van der Waals surface area contributed by atoms with Gasteiger partial charge in [0.2, 0.25) is 17.8 Å². The molecule has 24 nitrogen and oxygen atoms in total. The van der Waals surface area contributed by atoms with E-state index < -0.39 is 37.2 Å². The Balaban J connectivity index is 0.000000184. The van der Waals surface area contributed by atoms with Crippen molar-refractivity contribution in [3.05, 3.63) is 161 Å². The fourth-order valence-electron chi connectivity index (χ4n) is 8.81. The van der Waals surface area contributed by atoms with Gasteiger partial charge in [-0.15, -0.1) is 0 Å². The molecule has 7 N–H and O–H groups in total. The number of nitrogens with zero attached hydrogens (tertiary/aromatic N) is 14. The van der Waals surface area contributed by atoms with Crippen LogP contribution in [0.3, 0.4) is 0 Å². The number of carboxylic acids is 1. The molecule has 12 rings (SSSR count). The second kappa shape index (κ2) is 32.0. The molecule has 1 atom stereocenters. The maximum Gasteiger partial charge on any atom is 0.391 e. The lowest BCUT2D eigenvalue weighted by Crippen LogP contribution is -2.49. The molecule has 0 saturated carbocycles. The van der Waals surface area contributed by atoms with E-state index in [-0.39, 0.29) is 42.6 Å². The van der Waals surface area contributed by atoms with Crippen LogP contribution in [0.25, 0.3) is 33.8 Å². The van der Waals surface area contributed by atoms with Gasteiger partial charge in [-0.1, -0.05) is 50.7 Å². The molecule has 0 spiro atoms. The molecule has 4 aliphatic rings. The maximum absolute atomic E-state index is 12.5. The molecule has 3 fully saturated rings. The van der Waals surface area contributed by atoms with Crippen LogP contribution in [0.5, 0.6) is 0 Å². The number of aryl methyl sites for hydroxylation is 3. The van der Waals surface area contributed by atoms with E-state index in [0.717, 1.165) is 76.2 Å². The van der Waals surface area contributed by atoms with Gasteiger partial charge in [-0.05, 0) is 79.9 Å². The molecule has 0 bridgehead atoms. The number of H-pyrrole nitrogens is 2. The van der Waals surface area contributed by atoms with E-state index in [9.17, 15) is 40.7 Å². The number of carbonyl (C=O) groups excluding carboxylic acids is 2. The molecule has 4 aliphatic heterocycles. The first-order valence-corrected chi connectivity index (χ1v) is 28.7. The smallest absolute Gasteiger partial charge is 0.391 e. The van der Waals surface area contributed by atoms with E-state index in [1.54, 1.807) is 114 Å². The molecule has 8 aromatic rings. The van der Waals surface area contributed by atoms with Gasteiger partial charge < -0.3 is 36.2 Å². The number of anilines is 5. The number of rotatable bonds is 13. The van der Waals surface area contributed by atoms with Crippen LogP contribution in [0.2, 0.25) is 0 Å². The number of hydrogen-bond acceptors (Lipinski definition) is 19. The number of aromatic carboxylic acids is 1. The van der Waals surface area contributed by atoms with Crippen molar-refractivity contribution in [3.8, 4) is 52.0 Å². The number of aromatic amines is 2. The minimum Gasteiger partial charge on any atom is -0.478 e. The summed E-state index contributed by atoms with van der Waals surface area (Å²) >= 11 is 0. The monoisotopic (exact) mass is 1290 g/mol. The minimum absolute atomic E-state index is 0. The van der Waals surface area contributed by atoms with Gasteiger partial charge in [0.05, 0.1) is 101 Å². The molecule has 486 valence electrons.